The molecule has 23 heavy (non-hydrogen) atoms. The van der Waals surface area contributed by atoms with Crippen LogP contribution in [0.1, 0.15) is 51.0 Å². The molecule has 0 aliphatic carbocycles. The topological polar surface area (TPSA) is 27.3 Å². The normalized spacial score (nSPS) is 27.5. The summed E-state index contributed by atoms with van der Waals surface area (Å²) in [7, 11) is 0. The van der Waals surface area contributed by atoms with E-state index in [4.69, 9.17) is 12.2 Å². The van der Waals surface area contributed by atoms with Gasteiger partial charge in [-0.05, 0) is 75.5 Å². The van der Waals surface area contributed by atoms with Crippen molar-refractivity contribution in [2.24, 2.45) is 0 Å². The molecular formula is C19H29N3S. The highest BCUT2D eigenvalue weighted by Crippen LogP contribution is 2.34. The SMILES string of the molecule is CCCN1[C@@H]2CCC[C@@H]1CC(NC(=S)Nc1cccc(C)c1)C2. The lowest BCUT2D eigenvalue weighted by Gasteiger charge is -2.49. The van der Waals surface area contributed by atoms with E-state index in [1.54, 1.807) is 0 Å². The number of piperidine rings is 2. The highest BCUT2D eigenvalue weighted by Gasteiger charge is 2.37. The maximum atomic E-state index is 5.54. The van der Waals surface area contributed by atoms with Crippen molar-refractivity contribution in [1.29, 1.82) is 0 Å². The molecule has 1 aromatic rings. The Kier molecular flexibility index (Phi) is 5.54. The van der Waals surface area contributed by atoms with E-state index in [0.717, 1.165) is 22.9 Å². The van der Waals surface area contributed by atoms with Crippen LogP contribution in [0.25, 0.3) is 0 Å². The van der Waals surface area contributed by atoms with Gasteiger partial charge in [-0.25, -0.2) is 0 Å². The van der Waals surface area contributed by atoms with Crippen molar-refractivity contribution in [3.63, 3.8) is 0 Å². The number of nitrogens with zero attached hydrogens (tertiary/aromatic N) is 1. The molecule has 2 bridgehead atoms. The molecule has 2 atom stereocenters. The molecule has 3 rings (SSSR count). The Morgan fingerprint density at radius 1 is 1.26 bits per heavy atom. The largest absolute Gasteiger partial charge is 0.360 e. The highest BCUT2D eigenvalue weighted by atomic mass is 32.1. The van der Waals surface area contributed by atoms with Crippen molar-refractivity contribution in [3.8, 4) is 0 Å². The average Bonchev–Trinajstić information content (AvgIpc) is 2.48. The smallest absolute Gasteiger partial charge is 0.170 e. The number of aryl methyl sites for hydroxylation is 1. The second-order valence-electron chi connectivity index (χ2n) is 7.11. The van der Waals surface area contributed by atoms with Gasteiger partial charge in [0.05, 0.1) is 0 Å². The van der Waals surface area contributed by atoms with Gasteiger partial charge in [0.2, 0.25) is 0 Å². The monoisotopic (exact) mass is 331 g/mol. The number of anilines is 1. The van der Waals surface area contributed by atoms with Gasteiger partial charge in [0.15, 0.2) is 5.11 Å². The first kappa shape index (κ1) is 16.7. The van der Waals surface area contributed by atoms with E-state index in [2.05, 4.69) is 53.6 Å². The Morgan fingerprint density at radius 3 is 2.65 bits per heavy atom. The van der Waals surface area contributed by atoms with Gasteiger partial charge in [-0.2, -0.15) is 0 Å². The molecule has 0 saturated carbocycles. The molecular weight excluding hydrogens is 302 g/mol. The first-order valence-electron chi connectivity index (χ1n) is 9.05. The summed E-state index contributed by atoms with van der Waals surface area (Å²) >= 11 is 5.54. The summed E-state index contributed by atoms with van der Waals surface area (Å²) in [6, 6.07) is 10.4. The maximum Gasteiger partial charge on any atom is 0.170 e. The van der Waals surface area contributed by atoms with Gasteiger partial charge < -0.3 is 10.6 Å². The van der Waals surface area contributed by atoms with E-state index in [-0.39, 0.29) is 0 Å². The lowest BCUT2D eigenvalue weighted by Crippen LogP contribution is -2.57. The van der Waals surface area contributed by atoms with Crippen LogP contribution in [0.3, 0.4) is 0 Å². The van der Waals surface area contributed by atoms with Crippen LogP contribution in [0.2, 0.25) is 0 Å². The molecule has 2 N–H and O–H groups in total. The number of thiocarbonyl (C=S) groups is 1. The van der Waals surface area contributed by atoms with Gasteiger partial charge in [-0.1, -0.05) is 25.5 Å². The molecule has 2 aliphatic rings. The number of fused-ring (bicyclic) bond motifs is 2. The fourth-order valence-electron chi connectivity index (χ4n) is 4.30. The fourth-order valence-corrected chi connectivity index (χ4v) is 4.58. The summed E-state index contributed by atoms with van der Waals surface area (Å²) in [4.78, 5) is 2.76. The molecule has 2 aliphatic heterocycles. The Balaban J connectivity index is 1.55. The molecule has 0 amide bonds. The fraction of sp³-hybridized carbons (Fsp3) is 0.632. The van der Waals surface area contributed by atoms with Gasteiger partial charge in [-0.15, -0.1) is 0 Å². The average molecular weight is 332 g/mol. The first-order valence-corrected chi connectivity index (χ1v) is 9.46. The highest BCUT2D eigenvalue weighted by molar-refractivity contribution is 7.80. The molecule has 126 valence electrons. The summed E-state index contributed by atoms with van der Waals surface area (Å²) in [6.07, 6.45) is 7.82. The standard InChI is InChI=1S/C19H29N3S/c1-3-10-22-17-8-5-9-18(22)13-16(12-17)21-19(23)20-15-7-4-6-14(2)11-15/h4,6-7,11,16-18H,3,5,8-10,12-13H2,1-2H3,(H2,20,21,23)/t17-,18-/m1/s1. The van der Waals surface area contributed by atoms with Gasteiger partial charge >= 0.3 is 0 Å². The molecule has 1 aromatic carbocycles. The predicted molar refractivity (Wildman–Crippen MR) is 102 cm³/mol. The number of hydrogen-bond donors (Lipinski definition) is 2. The first-order chi connectivity index (χ1) is 11.2. The van der Waals surface area contributed by atoms with Crippen molar-refractivity contribution >= 4 is 23.0 Å². The van der Waals surface area contributed by atoms with Gasteiger partial charge in [-0.3, -0.25) is 4.90 Å². The van der Waals surface area contributed by atoms with E-state index in [0.29, 0.717) is 6.04 Å². The lowest BCUT2D eigenvalue weighted by atomic mass is 9.81. The minimum absolute atomic E-state index is 0.517. The Labute approximate surface area is 145 Å². The summed E-state index contributed by atoms with van der Waals surface area (Å²) in [6.45, 7) is 5.65. The number of nitrogens with one attached hydrogen (secondary N) is 2. The zero-order valence-electron chi connectivity index (χ0n) is 14.3. The van der Waals surface area contributed by atoms with Crippen LogP contribution in [-0.4, -0.2) is 34.7 Å². The minimum atomic E-state index is 0.517. The second-order valence-corrected chi connectivity index (χ2v) is 7.52. The molecule has 2 fully saturated rings. The second kappa shape index (κ2) is 7.63. The third kappa shape index (κ3) is 4.24. The third-order valence-electron chi connectivity index (χ3n) is 5.22. The van der Waals surface area contributed by atoms with Crippen molar-refractivity contribution in [2.75, 3.05) is 11.9 Å². The van der Waals surface area contributed by atoms with Crippen LogP contribution in [-0.2, 0) is 0 Å². The zero-order chi connectivity index (χ0) is 16.2. The number of rotatable bonds is 4. The Hall–Kier alpha value is -1.13. The summed E-state index contributed by atoms with van der Waals surface area (Å²) in [5.41, 5.74) is 2.33. The van der Waals surface area contributed by atoms with Crippen molar-refractivity contribution < 1.29 is 0 Å². The number of benzene rings is 1. The molecule has 0 radical (unpaired) electrons. The summed E-state index contributed by atoms with van der Waals surface area (Å²) < 4.78 is 0. The van der Waals surface area contributed by atoms with E-state index >= 15 is 0 Å². The van der Waals surface area contributed by atoms with E-state index < -0.39 is 0 Å². The minimum Gasteiger partial charge on any atom is -0.360 e. The van der Waals surface area contributed by atoms with E-state index in [9.17, 15) is 0 Å². The van der Waals surface area contributed by atoms with Gasteiger partial charge in [0, 0.05) is 23.8 Å². The van der Waals surface area contributed by atoms with Crippen LogP contribution >= 0.6 is 12.2 Å². The molecule has 2 saturated heterocycles. The molecule has 3 nitrogen and oxygen atoms in total. The van der Waals surface area contributed by atoms with Crippen LogP contribution in [0.4, 0.5) is 5.69 Å². The number of hydrogen-bond acceptors (Lipinski definition) is 2. The Bertz CT molecular complexity index is 531. The predicted octanol–water partition coefficient (Wildman–Crippen LogP) is 4.08. The molecule has 0 aromatic heterocycles. The summed E-state index contributed by atoms with van der Waals surface area (Å²) in [5.74, 6) is 0. The van der Waals surface area contributed by atoms with Crippen LogP contribution < -0.4 is 10.6 Å². The molecule has 2 heterocycles. The zero-order valence-corrected chi connectivity index (χ0v) is 15.2. The van der Waals surface area contributed by atoms with E-state index in [1.807, 2.05) is 0 Å². The summed E-state index contributed by atoms with van der Waals surface area (Å²) in [5, 5.41) is 7.68. The molecule has 0 spiro atoms. The van der Waals surface area contributed by atoms with Gasteiger partial charge in [0.25, 0.3) is 0 Å². The van der Waals surface area contributed by atoms with Crippen molar-refractivity contribution in [1.82, 2.24) is 10.2 Å². The molecule has 0 unspecified atom stereocenters. The lowest BCUT2D eigenvalue weighted by molar-refractivity contribution is 0.0284. The van der Waals surface area contributed by atoms with E-state index in [1.165, 1.54) is 50.6 Å². The van der Waals surface area contributed by atoms with Crippen LogP contribution in [0.15, 0.2) is 24.3 Å². The van der Waals surface area contributed by atoms with Crippen LogP contribution in [0.5, 0.6) is 0 Å². The Morgan fingerprint density at radius 2 is 2.00 bits per heavy atom. The van der Waals surface area contributed by atoms with Gasteiger partial charge in [0.1, 0.15) is 0 Å². The maximum absolute atomic E-state index is 5.54. The van der Waals surface area contributed by atoms with Crippen molar-refractivity contribution in [2.45, 2.75) is 70.5 Å². The quantitative estimate of drug-likeness (QED) is 0.813. The third-order valence-corrected chi connectivity index (χ3v) is 5.44. The van der Waals surface area contributed by atoms with Crippen molar-refractivity contribution in [3.05, 3.63) is 29.8 Å². The molecule has 4 heteroatoms. The van der Waals surface area contributed by atoms with Crippen LogP contribution in [0, 0.1) is 6.92 Å².